The summed E-state index contributed by atoms with van der Waals surface area (Å²) in [7, 11) is 0. The molecule has 1 rings (SSSR count). The van der Waals surface area contributed by atoms with Crippen LogP contribution in [0.25, 0.3) is 0 Å². The van der Waals surface area contributed by atoms with E-state index < -0.39 is 0 Å². The molecule has 0 atom stereocenters. The van der Waals surface area contributed by atoms with Gasteiger partial charge in [-0.2, -0.15) is 0 Å². The van der Waals surface area contributed by atoms with Crippen LogP contribution in [-0.4, -0.2) is 5.91 Å². The molecule has 12 heavy (non-hydrogen) atoms. The van der Waals surface area contributed by atoms with Crippen molar-refractivity contribution in [2.75, 3.05) is 0 Å². The molecule has 0 heterocycles. The van der Waals surface area contributed by atoms with Crippen LogP contribution in [0.15, 0.2) is 30.3 Å². The van der Waals surface area contributed by atoms with E-state index in [0.29, 0.717) is 6.42 Å². The van der Waals surface area contributed by atoms with Crippen molar-refractivity contribution in [3.05, 3.63) is 35.9 Å². The number of nitrogens with two attached hydrogens (primary N) is 1. The van der Waals surface area contributed by atoms with E-state index in [9.17, 15) is 4.79 Å². The summed E-state index contributed by atoms with van der Waals surface area (Å²) in [6, 6.07) is 9.45. The summed E-state index contributed by atoms with van der Waals surface area (Å²) in [6.45, 7) is 0. The summed E-state index contributed by atoms with van der Waals surface area (Å²) in [6.07, 6.45) is 0.345. The first-order valence-electron chi connectivity index (χ1n) is 3.36. The number of carbonyl (C=O) groups is 1. The van der Waals surface area contributed by atoms with Gasteiger partial charge in [0.05, 0.1) is 6.42 Å². The number of carbonyl (C=O) groups excluding carboxylic acids is 1. The summed E-state index contributed by atoms with van der Waals surface area (Å²) in [5.41, 5.74) is 3.04. The molecule has 1 amide bonds. The minimum absolute atomic E-state index is 0. The molecular formula is C8H10ArN2O. The van der Waals surface area contributed by atoms with Crippen molar-refractivity contribution in [1.82, 2.24) is 5.43 Å². The second kappa shape index (κ2) is 6.43. The number of rotatable bonds is 2. The van der Waals surface area contributed by atoms with Crippen molar-refractivity contribution in [2.45, 2.75) is 6.42 Å². The van der Waals surface area contributed by atoms with Crippen LogP contribution in [0.1, 0.15) is 5.56 Å². The van der Waals surface area contributed by atoms with Gasteiger partial charge in [-0.05, 0) is 5.56 Å². The average Bonchev–Trinajstić information content (AvgIpc) is 2.06. The molecule has 3 nitrogen and oxygen atoms in total. The molecule has 0 bridgehead atoms. The van der Waals surface area contributed by atoms with E-state index in [1.165, 1.54) is 0 Å². The fourth-order valence-corrected chi connectivity index (χ4v) is 0.832. The van der Waals surface area contributed by atoms with E-state index >= 15 is 0 Å². The predicted molar refractivity (Wildman–Crippen MR) is 42.5 cm³/mol. The van der Waals surface area contributed by atoms with Gasteiger partial charge in [0.25, 0.3) is 0 Å². The molecule has 0 saturated carbocycles. The molecule has 0 radical (unpaired) electrons. The summed E-state index contributed by atoms with van der Waals surface area (Å²) in [4.78, 5) is 10.7. The molecule has 3 N–H and O–H groups in total. The van der Waals surface area contributed by atoms with Crippen LogP contribution in [-0.2, 0) is 11.2 Å². The Morgan fingerprint density at radius 3 is 2.42 bits per heavy atom. The third-order valence-corrected chi connectivity index (χ3v) is 1.37. The summed E-state index contributed by atoms with van der Waals surface area (Å²) >= 11 is 0. The van der Waals surface area contributed by atoms with Gasteiger partial charge in [-0.25, -0.2) is 5.84 Å². The Balaban J connectivity index is 0.00000121. The molecule has 0 aliphatic rings. The molecule has 0 spiro atoms. The third kappa shape index (κ3) is 4.07. The number of nitrogens with one attached hydrogen (secondary N) is 1. The van der Waals surface area contributed by atoms with E-state index in [1.807, 2.05) is 30.3 Å². The molecule has 1 aromatic carbocycles. The second-order valence-electron chi connectivity index (χ2n) is 2.23. The van der Waals surface area contributed by atoms with Crippen molar-refractivity contribution >= 4 is 5.91 Å². The van der Waals surface area contributed by atoms with Gasteiger partial charge in [0.1, 0.15) is 0 Å². The zero-order valence-electron chi connectivity index (χ0n) is 6.43. The molecule has 0 aliphatic carbocycles. The first kappa shape index (κ1) is 11.9. The quantitative estimate of drug-likeness (QED) is 0.398. The molecule has 0 saturated heterocycles. The third-order valence-electron chi connectivity index (χ3n) is 1.37. The largest absolute Gasteiger partial charge is 0.294 e. The van der Waals surface area contributed by atoms with E-state index in [4.69, 9.17) is 5.84 Å². The Morgan fingerprint density at radius 1 is 1.33 bits per heavy atom. The van der Waals surface area contributed by atoms with Crippen LogP contribution >= 0.6 is 0 Å². The fourth-order valence-electron chi connectivity index (χ4n) is 0.832. The average molecular weight is 190 g/mol. The molecule has 4 heteroatoms. The Kier molecular flexibility index (Phi) is 6.38. The van der Waals surface area contributed by atoms with Crippen LogP contribution in [0.3, 0.4) is 0 Å². The Bertz CT molecular complexity index is 238. The van der Waals surface area contributed by atoms with Crippen LogP contribution in [0.4, 0.5) is 0 Å². The van der Waals surface area contributed by atoms with Crippen LogP contribution in [0.2, 0.25) is 0 Å². The van der Waals surface area contributed by atoms with Crippen molar-refractivity contribution in [2.24, 2.45) is 5.84 Å². The zero-order chi connectivity index (χ0) is 8.10. The zero-order valence-corrected chi connectivity index (χ0v) is 7.14. The standard InChI is InChI=1S/C8H10N2O.Ar/c9-10-8(11)6-7-4-2-1-3-5-7;/h1-5H,6,9H2,(H,10,11);. The number of benzene rings is 1. The molecule has 0 unspecified atom stereocenters. The fraction of sp³-hybridized carbons (Fsp3) is 0.125. The number of hydrogen-bond acceptors (Lipinski definition) is 2. The molecule has 66 valence electrons. The normalized spacial score (nSPS) is 8.42. The Hall–Kier alpha value is -0.0903. The summed E-state index contributed by atoms with van der Waals surface area (Å²) < 4.78 is 0. The maximum absolute atomic E-state index is 10.7. The van der Waals surface area contributed by atoms with Gasteiger partial charge in [-0.15, -0.1) is 0 Å². The SMILES string of the molecule is NNC(=O)Cc1ccccc1.[Ar]. The van der Waals surface area contributed by atoms with E-state index in [2.05, 4.69) is 5.43 Å². The maximum Gasteiger partial charge on any atom is 0.238 e. The van der Waals surface area contributed by atoms with Gasteiger partial charge in [-0.3, -0.25) is 10.2 Å². The molecule has 0 aliphatic heterocycles. The summed E-state index contributed by atoms with van der Waals surface area (Å²) in [5.74, 6) is 4.75. The van der Waals surface area contributed by atoms with Crippen molar-refractivity contribution < 1.29 is 42.5 Å². The van der Waals surface area contributed by atoms with Gasteiger partial charge in [0.2, 0.25) is 5.91 Å². The van der Waals surface area contributed by atoms with Crippen LogP contribution < -0.4 is 11.3 Å². The summed E-state index contributed by atoms with van der Waals surface area (Å²) in [5, 5.41) is 0. The minimum atomic E-state index is -0.170. The van der Waals surface area contributed by atoms with Gasteiger partial charge in [0, 0.05) is 37.7 Å². The van der Waals surface area contributed by atoms with Gasteiger partial charge >= 0.3 is 0 Å². The van der Waals surface area contributed by atoms with Crippen molar-refractivity contribution in [3.63, 3.8) is 0 Å². The number of hydrogen-bond donors (Lipinski definition) is 2. The van der Waals surface area contributed by atoms with Crippen LogP contribution in [0.5, 0.6) is 0 Å². The molecule has 1 aromatic rings. The molecule has 0 fully saturated rings. The second-order valence-corrected chi connectivity index (χ2v) is 2.23. The van der Waals surface area contributed by atoms with E-state index in [0.717, 1.165) is 5.56 Å². The first-order chi connectivity index (χ1) is 5.33. The number of amides is 1. The van der Waals surface area contributed by atoms with Gasteiger partial charge < -0.3 is 0 Å². The van der Waals surface area contributed by atoms with Gasteiger partial charge in [0.15, 0.2) is 0 Å². The van der Waals surface area contributed by atoms with E-state index in [-0.39, 0.29) is 43.6 Å². The van der Waals surface area contributed by atoms with Crippen molar-refractivity contribution in [1.29, 1.82) is 0 Å². The molecular weight excluding hydrogens is 180 g/mol. The van der Waals surface area contributed by atoms with Crippen molar-refractivity contribution in [3.8, 4) is 0 Å². The first-order valence-corrected chi connectivity index (χ1v) is 3.36. The Morgan fingerprint density at radius 2 is 1.92 bits per heavy atom. The van der Waals surface area contributed by atoms with E-state index in [1.54, 1.807) is 0 Å². The maximum atomic E-state index is 10.7. The Labute approximate surface area is 101 Å². The van der Waals surface area contributed by atoms with Gasteiger partial charge in [-0.1, -0.05) is 30.3 Å². The minimum Gasteiger partial charge on any atom is -0.294 e. The number of hydrazine groups is 1. The monoisotopic (exact) mass is 190 g/mol. The topological polar surface area (TPSA) is 55.1 Å². The smallest absolute Gasteiger partial charge is 0.238 e. The van der Waals surface area contributed by atoms with Crippen LogP contribution in [0, 0.1) is 37.7 Å². The molecule has 0 aromatic heterocycles. The predicted octanol–water partition coefficient (Wildman–Crippen LogP) is 0.219.